The largest absolute Gasteiger partial charge is 0.381 e. The summed E-state index contributed by atoms with van der Waals surface area (Å²) in [4.78, 5) is 8.72. The van der Waals surface area contributed by atoms with Crippen molar-refractivity contribution < 1.29 is 4.74 Å². The number of anilines is 1. The lowest BCUT2D eigenvalue weighted by Crippen LogP contribution is -2.08. The maximum Gasteiger partial charge on any atom is 0.129 e. The van der Waals surface area contributed by atoms with Gasteiger partial charge in [-0.3, -0.25) is 0 Å². The van der Waals surface area contributed by atoms with Crippen molar-refractivity contribution in [3.63, 3.8) is 0 Å². The topological polar surface area (TPSA) is 64.9 Å². The normalized spacial score (nSPS) is 17.1. The number of benzene rings is 1. The fraction of sp³-hybridized carbons (Fsp3) is 0.278. The number of aromatic nitrogens is 4. The monoisotopic (exact) mass is 321 g/mol. The van der Waals surface area contributed by atoms with Crippen LogP contribution in [-0.4, -0.2) is 33.0 Å². The predicted molar refractivity (Wildman–Crippen MR) is 91.1 cm³/mol. The van der Waals surface area contributed by atoms with Crippen molar-refractivity contribution >= 4 is 5.82 Å². The third-order valence-corrected chi connectivity index (χ3v) is 4.24. The Labute approximate surface area is 140 Å². The molecule has 0 bridgehead atoms. The summed E-state index contributed by atoms with van der Waals surface area (Å²) < 4.78 is 7.32. The Morgan fingerprint density at radius 2 is 2.17 bits per heavy atom. The van der Waals surface area contributed by atoms with E-state index in [4.69, 9.17) is 4.74 Å². The van der Waals surface area contributed by atoms with Gasteiger partial charge in [0.15, 0.2) is 0 Å². The summed E-state index contributed by atoms with van der Waals surface area (Å²) in [5.41, 5.74) is 3.27. The van der Waals surface area contributed by atoms with Crippen LogP contribution in [0.3, 0.4) is 0 Å². The summed E-state index contributed by atoms with van der Waals surface area (Å²) in [5, 5.41) is 7.71. The lowest BCUT2D eigenvalue weighted by Gasteiger charge is -2.12. The zero-order valence-electron chi connectivity index (χ0n) is 13.3. The number of para-hydroxylation sites is 1. The van der Waals surface area contributed by atoms with Crippen LogP contribution in [0.5, 0.6) is 0 Å². The van der Waals surface area contributed by atoms with Crippen molar-refractivity contribution in [2.45, 2.75) is 18.9 Å². The third kappa shape index (κ3) is 3.14. The smallest absolute Gasteiger partial charge is 0.129 e. The summed E-state index contributed by atoms with van der Waals surface area (Å²) in [6.07, 6.45) is 6.38. The summed E-state index contributed by atoms with van der Waals surface area (Å²) in [5.74, 6) is 1.21. The van der Waals surface area contributed by atoms with E-state index >= 15 is 0 Å². The van der Waals surface area contributed by atoms with Crippen molar-refractivity contribution in [2.75, 3.05) is 18.5 Å². The molecule has 0 spiro atoms. The van der Waals surface area contributed by atoms with E-state index in [0.717, 1.165) is 42.4 Å². The van der Waals surface area contributed by atoms with Gasteiger partial charge in [-0.2, -0.15) is 5.10 Å². The van der Waals surface area contributed by atoms with E-state index in [0.29, 0.717) is 12.5 Å². The minimum atomic E-state index is 0.380. The highest BCUT2D eigenvalue weighted by atomic mass is 16.5. The molecule has 0 amide bonds. The molecule has 6 heteroatoms. The van der Waals surface area contributed by atoms with Crippen LogP contribution >= 0.6 is 0 Å². The number of nitrogens with zero attached hydrogens (tertiary/aromatic N) is 4. The van der Waals surface area contributed by atoms with Gasteiger partial charge in [-0.1, -0.05) is 18.2 Å². The second-order valence-electron chi connectivity index (χ2n) is 5.82. The van der Waals surface area contributed by atoms with Crippen LogP contribution in [0.15, 0.2) is 55.1 Å². The summed E-state index contributed by atoms with van der Waals surface area (Å²) in [6, 6.07) is 12.2. The minimum Gasteiger partial charge on any atom is -0.381 e. The van der Waals surface area contributed by atoms with Crippen molar-refractivity contribution in [2.24, 2.45) is 0 Å². The lowest BCUT2D eigenvalue weighted by atomic mass is 10.1. The summed E-state index contributed by atoms with van der Waals surface area (Å²) >= 11 is 0. The Morgan fingerprint density at radius 1 is 1.21 bits per heavy atom. The molecule has 3 aromatic rings. The molecule has 6 nitrogen and oxygen atoms in total. The molecule has 0 radical (unpaired) electrons. The first kappa shape index (κ1) is 14.8. The molecule has 1 N–H and O–H groups in total. The number of hydrogen-bond donors (Lipinski definition) is 1. The third-order valence-electron chi connectivity index (χ3n) is 4.24. The molecule has 3 heterocycles. The van der Waals surface area contributed by atoms with Gasteiger partial charge in [0.25, 0.3) is 0 Å². The zero-order valence-corrected chi connectivity index (χ0v) is 13.3. The van der Waals surface area contributed by atoms with Crippen molar-refractivity contribution in [3.8, 4) is 5.69 Å². The molecule has 0 saturated carbocycles. The average molecular weight is 321 g/mol. The Kier molecular flexibility index (Phi) is 4.20. The maximum atomic E-state index is 5.45. The molecule has 1 aliphatic heterocycles. The van der Waals surface area contributed by atoms with Crippen LogP contribution in [0.1, 0.15) is 23.6 Å². The molecule has 0 unspecified atom stereocenters. The fourth-order valence-electron chi connectivity index (χ4n) is 2.94. The first-order valence-corrected chi connectivity index (χ1v) is 8.11. The van der Waals surface area contributed by atoms with Crippen LogP contribution in [0, 0.1) is 0 Å². The van der Waals surface area contributed by atoms with Gasteiger partial charge >= 0.3 is 0 Å². The van der Waals surface area contributed by atoms with Crippen molar-refractivity contribution in [3.05, 3.63) is 66.4 Å². The maximum absolute atomic E-state index is 5.45. The second-order valence-corrected chi connectivity index (χ2v) is 5.82. The number of rotatable bonds is 5. The highest BCUT2D eigenvalue weighted by molar-refractivity contribution is 5.44. The predicted octanol–water partition coefficient (Wildman–Crippen LogP) is 2.78. The molecule has 122 valence electrons. The standard InChI is InChI=1S/C18H19N5O/c1-2-5-17(23-8-3-7-22-23)14(4-1)11-19-18-10-16(20-13-21-18)15-6-9-24-12-15/h1-5,7-8,10,13,15H,6,9,11-12H2,(H,19,20,21)/t15-/m1/s1. The molecule has 0 aliphatic carbocycles. The van der Waals surface area contributed by atoms with E-state index in [1.807, 2.05) is 35.1 Å². The number of hydrogen-bond acceptors (Lipinski definition) is 5. The first-order chi connectivity index (χ1) is 11.9. The summed E-state index contributed by atoms with van der Waals surface area (Å²) in [7, 11) is 0. The van der Waals surface area contributed by atoms with Gasteiger partial charge in [0.05, 0.1) is 18.0 Å². The van der Waals surface area contributed by atoms with E-state index in [1.165, 1.54) is 0 Å². The van der Waals surface area contributed by atoms with Gasteiger partial charge in [-0.15, -0.1) is 0 Å². The Bertz CT molecular complexity index is 797. The van der Waals surface area contributed by atoms with Crippen molar-refractivity contribution in [1.82, 2.24) is 19.7 Å². The first-order valence-electron chi connectivity index (χ1n) is 8.11. The van der Waals surface area contributed by atoms with Crippen LogP contribution in [0.25, 0.3) is 5.69 Å². The van der Waals surface area contributed by atoms with Crippen LogP contribution in [0.4, 0.5) is 5.82 Å². The molecule has 1 aliphatic rings. The number of nitrogens with one attached hydrogen (secondary N) is 1. The molecule has 4 rings (SSSR count). The molecule has 2 aromatic heterocycles. The van der Waals surface area contributed by atoms with E-state index in [2.05, 4.69) is 32.5 Å². The molecule has 1 atom stereocenters. The molecule has 1 aromatic carbocycles. The van der Waals surface area contributed by atoms with Gasteiger partial charge in [0.2, 0.25) is 0 Å². The van der Waals surface area contributed by atoms with Crippen LogP contribution in [0.2, 0.25) is 0 Å². The van der Waals surface area contributed by atoms with Crippen LogP contribution in [-0.2, 0) is 11.3 Å². The molecular weight excluding hydrogens is 302 g/mol. The van der Waals surface area contributed by atoms with Gasteiger partial charge in [0.1, 0.15) is 12.1 Å². The lowest BCUT2D eigenvalue weighted by molar-refractivity contribution is 0.193. The molecule has 1 fully saturated rings. The summed E-state index contributed by atoms with van der Waals surface area (Å²) in [6.45, 7) is 2.24. The average Bonchev–Trinajstić information content (AvgIpc) is 3.34. The molecule has 1 saturated heterocycles. The fourth-order valence-corrected chi connectivity index (χ4v) is 2.94. The molecule has 24 heavy (non-hydrogen) atoms. The van der Waals surface area contributed by atoms with Gasteiger partial charge in [0, 0.05) is 37.5 Å². The van der Waals surface area contributed by atoms with E-state index in [9.17, 15) is 0 Å². The van der Waals surface area contributed by atoms with E-state index in [1.54, 1.807) is 12.5 Å². The Morgan fingerprint density at radius 3 is 3.00 bits per heavy atom. The quantitative estimate of drug-likeness (QED) is 0.783. The highest BCUT2D eigenvalue weighted by Gasteiger charge is 2.19. The van der Waals surface area contributed by atoms with Crippen LogP contribution < -0.4 is 5.32 Å². The van der Waals surface area contributed by atoms with Gasteiger partial charge in [-0.25, -0.2) is 14.6 Å². The van der Waals surface area contributed by atoms with Crippen molar-refractivity contribution in [1.29, 1.82) is 0 Å². The SMILES string of the molecule is c1ccc(-n2cccn2)c(CNc2cc([C@@H]3CCOC3)ncn2)c1. The Hall–Kier alpha value is -2.73. The van der Waals surface area contributed by atoms with E-state index < -0.39 is 0 Å². The number of ether oxygens (including phenoxy) is 1. The zero-order chi connectivity index (χ0) is 16.2. The van der Waals surface area contributed by atoms with E-state index in [-0.39, 0.29) is 0 Å². The minimum absolute atomic E-state index is 0.380. The Balaban J connectivity index is 1.51. The van der Waals surface area contributed by atoms with Gasteiger partial charge in [-0.05, 0) is 24.1 Å². The van der Waals surface area contributed by atoms with Gasteiger partial charge < -0.3 is 10.1 Å². The highest BCUT2D eigenvalue weighted by Crippen LogP contribution is 2.24. The molecular formula is C18H19N5O. The second kappa shape index (κ2) is 6.80.